The van der Waals surface area contributed by atoms with E-state index in [9.17, 15) is 15.3 Å². The van der Waals surface area contributed by atoms with Crippen molar-refractivity contribution in [1.29, 1.82) is 0 Å². The van der Waals surface area contributed by atoms with Crippen LogP contribution in [-0.4, -0.2) is 60.7 Å². The Hall–Kier alpha value is 0.110. The third-order valence-corrected chi connectivity index (χ3v) is 2.63. The van der Waals surface area contributed by atoms with Crippen molar-refractivity contribution >= 4 is 8.17 Å². The molecule has 0 aromatic rings. The van der Waals surface area contributed by atoms with Gasteiger partial charge in [0.15, 0.2) is 0 Å². The fraction of sp³-hybridized carbons (Fsp3) is 1.00. The Morgan fingerprint density at radius 1 is 1.00 bits per heavy atom. The minimum absolute atomic E-state index is 0.871. The molecule has 15 heavy (non-hydrogen) atoms. The van der Waals surface area contributed by atoms with Crippen LogP contribution in [0.15, 0.2) is 0 Å². The molecule has 1 heterocycles. The van der Waals surface area contributed by atoms with Gasteiger partial charge >= 0.3 is 85.1 Å². The van der Waals surface area contributed by atoms with Crippen LogP contribution in [0.3, 0.4) is 0 Å². The van der Waals surface area contributed by atoms with Gasteiger partial charge in [0.05, 0.1) is 0 Å². The summed E-state index contributed by atoms with van der Waals surface area (Å²) in [6.45, 7) is 1.39. The minimum atomic E-state index is -4.85. The van der Waals surface area contributed by atoms with Crippen LogP contribution in [0.5, 0.6) is 0 Å². The van der Waals surface area contributed by atoms with E-state index in [1.54, 1.807) is 0 Å². The summed E-state index contributed by atoms with van der Waals surface area (Å²) in [7, 11) is -4.85. The summed E-state index contributed by atoms with van der Waals surface area (Å²) >= 11 is 0. The quantitative estimate of drug-likeness (QED) is 0.287. The van der Waals surface area contributed by atoms with E-state index in [1.807, 2.05) is 0 Å². The van der Waals surface area contributed by atoms with Gasteiger partial charge in [-0.2, -0.15) is 0 Å². The van der Waals surface area contributed by atoms with E-state index in [2.05, 4.69) is 4.52 Å². The summed E-state index contributed by atoms with van der Waals surface area (Å²) < 4.78 is 9.07. The molecule has 0 aromatic carbocycles. The Kier molecular flexibility index (Phi) is 3.99. The van der Waals surface area contributed by atoms with E-state index in [0.29, 0.717) is 0 Å². The zero-order valence-electron chi connectivity index (χ0n) is 7.89. The van der Waals surface area contributed by atoms with Gasteiger partial charge in [0, 0.05) is 0 Å². The van der Waals surface area contributed by atoms with Crippen molar-refractivity contribution in [3.8, 4) is 0 Å². The number of rotatable bonds is 2. The zero-order valence-corrected chi connectivity index (χ0v) is 8.89. The van der Waals surface area contributed by atoms with Crippen molar-refractivity contribution in [2.45, 2.75) is 37.6 Å². The molecule has 0 amide bonds. The van der Waals surface area contributed by atoms with Crippen molar-refractivity contribution in [1.82, 2.24) is 0 Å². The molecule has 0 radical (unpaired) electrons. The third-order valence-electron chi connectivity index (χ3n) is 2.08. The van der Waals surface area contributed by atoms with Gasteiger partial charge in [-0.1, -0.05) is 0 Å². The van der Waals surface area contributed by atoms with Crippen LogP contribution in [0.2, 0.25) is 0 Å². The molecule has 92 valence electrons. The second kappa shape index (κ2) is 4.54. The van der Waals surface area contributed by atoms with Crippen LogP contribution < -0.4 is 0 Å². The van der Waals surface area contributed by atoms with Gasteiger partial charge in [0.1, 0.15) is 0 Å². The van der Waals surface area contributed by atoms with Gasteiger partial charge < -0.3 is 0 Å². The molecular formula is C6H15O8P. The molecule has 1 rings (SSSR count). The monoisotopic (exact) mass is 246 g/mol. The van der Waals surface area contributed by atoms with Gasteiger partial charge in [-0.15, -0.1) is 0 Å². The molecule has 8 nitrogen and oxygen atoms in total. The predicted molar refractivity (Wildman–Crippen MR) is 48.4 cm³/mol. The Labute approximate surface area is 86.0 Å². The summed E-state index contributed by atoms with van der Waals surface area (Å²) in [5, 5.41) is 27.9. The van der Waals surface area contributed by atoms with Crippen molar-refractivity contribution in [2.75, 3.05) is 0 Å². The van der Waals surface area contributed by atoms with E-state index in [-0.39, 0.29) is 0 Å². The molecule has 0 saturated carbocycles. The molecule has 1 aliphatic heterocycles. The maximum atomic E-state index is 9.32. The molecule has 1 aliphatic rings. The van der Waals surface area contributed by atoms with E-state index in [0.717, 1.165) is 0 Å². The normalized spacial score (nSPS) is 44.1. The fourth-order valence-electron chi connectivity index (χ4n) is 1.27. The molecule has 0 bridgehead atoms. The molecule has 5 atom stereocenters. The molecule has 0 spiro atoms. The van der Waals surface area contributed by atoms with Crippen LogP contribution in [0.25, 0.3) is 0 Å². The molecule has 9 heteroatoms. The number of ether oxygens (including phenoxy) is 1. The Morgan fingerprint density at radius 3 is 2.00 bits per heavy atom. The first kappa shape index (κ1) is 13.2. The number of hydrogen-bond acceptors (Lipinski definition) is 8. The molecule has 1 fully saturated rings. The summed E-state index contributed by atoms with van der Waals surface area (Å²) in [6, 6.07) is 0. The number of aliphatic hydroxyl groups excluding tert-OH is 3. The molecule has 1 saturated heterocycles. The first-order valence-corrected chi connectivity index (χ1v) is 6.02. The Morgan fingerprint density at radius 2 is 1.53 bits per heavy atom. The van der Waals surface area contributed by atoms with Gasteiger partial charge in [0.2, 0.25) is 0 Å². The second-order valence-electron chi connectivity index (χ2n) is 3.37. The van der Waals surface area contributed by atoms with Crippen LogP contribution in [0.4, 0.5) is 0 Å². The van der Waals surface area contributed by atoms with E-state index < -0.39 is 38.9 Å². The predicted octanol–water partition coefficient (Wildman–Crippen LogP) is -2.78. The van der Waals surface area contributed by atoms with Crippen LogP contribution in [0.1, 0.15) is 6.92 Å². The fourth-order valence-corrected chi connectivity index (χ4v) is 1.77. The first-order valence-electron chi connectivity index (χ1n) is 4.27. The summed E-state index contributed by atoms with van der Waals surface area (Å²) in [6.07, 6.45) is -6.99. The standard InChI is InChI=1S/C6H15O8P/c1-2-3(7)4(8)5(9)6(13-2)14-15(10,11)12/h2-12,15H,1H3. The zero-order chi connectivity index (χ0) is 11.8. The van der Waals surface area contributed by atoms with E-state index in [1.165, 1.54) is 6.92 Å². The van der Waals surface area contributed by atoms with Crippen LogP contribution >= 0.6 is 8.17 Å². The van der Waals surface area contributed by atoms with Crippen LogP contribution in [-0.2, 0) is 9.26 Å². The van der Waals surface area contributed by atoms with Crippen LogP contribution in [0, 0.1) is 0 Å². The second-order valence-corrected chi connectivity index (χ2v) is 4.76. The Bertz CT molecular complexity index is 218. The topological polar surface area (TPSA) is 140 Å². The molecular weight excluding hydrogens is 231 g/mol. The molecule has 6 N–H and O–H groups in total. The number of aliphatic hydroxyl groups is 3. The van der Waals surface area contributed by atoms with Crippen molar-refractivity contribution in [2.24, 2.45) is 0 Å². The van der Waals surface area contributed by atoms with Gasteiger partial charge in [-0.25, -0.2) is 0 Å². The first-order chi connectivity index (χ1) is 6.72. The van der Waals surface area contributed by atoms with Crippen molar-refractivity contribution in [3.05, 3.63) is 0 Å². The summed E-state index contributed by atoms with van der Waals surface area (Å²) in [5.74, 6) is 0. The average Bonchev–Trinajstić information content (AvgIpc) is 2.08. The summed E-state index contributed by atoms with van der Waals surface area (Å²) in [4.78, 5) is 25.9. The molecule has 0 aromatic heterocycles. The maximum absolute atomic E-state index is 9.32. The average molecular weight is 246 g/mol. The van der Waals surface area contributed by atoms with E-state index in [4.69, 9.17) is 19.4 Å². The van der Waals surface area contributed by atoms with E-state index >= 15 is 0 Å². The Balaban J connectivity index is 2.67. The van der Waals surface area contributed by atoms with Gasteiger partial charge in [-0.3, -0.25) is 0 Å². The molecule has 5 unspecified atom stereocenters. The molecule has 0 aliphatic carbocycles. The SMILES string of the molecule is CC1OC(O[PH](O)(O)O)C(O)C(O)C1O. The third kappa shape index (κ3) is 3.28. The summed E-state index contributed by atoms with van der Waals surface area (Å²) in [5.41, 5.74) is 0. The number of hydrogen-bond donors (Lipinski definition) is 6. The van der Waals surface area contributed by atoms with Gasteiger partial charge in [-0.05, 0) is 0 Å². The van der Waals surface area contributed by atoms with Crippen molar-refractivity contribution < 1.29 is 39.3 Å². The van der Waals surface area contributed by atoms with Gasteiger partial charge in [0.25, 0.3) is 0 Å². The van der Waals surface area contributed by atoms with Crippen molar-refractivity contribution in [3.63, 3.8) is 0 Å².